The highest BCUT2D eigenvalue weighted by molar-refractivity contribution is 6.05. The molecule has 1 aromatic carbocycles. The number of rotatable bonds is 8. The smallest absolute Gasteiger partial charge is 0.335 e. The van der Waals surface area contributed by atoms with Gasteiger partial charge in [-0.3, -0.25) is 9.48 Å². The van der Waals surface area contributed by atoms with Crippen LogP contribution in [0.2, 0.25) is 0 Å². The number of halogens is 1. The average molecular weight is 511 g/mol. The molecule has 5 N–H and O–H groups in total. The van der Waals surface area contributed by atoms with E-state index >= 15 is 0 Å². The summed E-state index contributed by atoms with van der Waals surface area (Å²) >= 11 is 0. The number of aliphatic carboxylic acids is 2. The van der Waals surface area contributed by atoms with Gasteiger partial charge in [0.05, 0.1) is 5.52 Å². The molecule has 2 atom stereocenters. The number of likely N-dealkylation sites (tertiary alicyclic amines) is 1. The quantitative estimate of drug-likeness (QED) is 0.353. The number of aliphatic hydroxyl groups is 2. The number of aliphatic hydroxyl groups excluding tert-OH is 2. The molecule has 0 spiro atoms. The van der Waals surface area contributed by atoms with Crippen molar-refractivity contribution in [1.29, 1.82) is 0 Å². The number of alkyl halides is 1. The molecule has 0 radical (unpaired) electrons. The fourth-order valence-electron chi connectivity index (χ4n) is 3.94. The zero-order valence-corrected chi connectivity index (χ0v) is 20.9. The molecule has 0 bridgehead atoms. The van der Waals surface area contributed by atoms with Crippen LogP contribution in [-0.2, 0) is 9.59 Å². The Morgan fingerprint density at radius 1 is 1.08 bits per heavy atom. The zero-order valence-electron chi connectivity index (χ0n) is 20.9. The van der Waals surface area contributed by atoms with Gasteiger partial charge in [-0.15, -0.1) is 0 Å². The minimum atomic E-state index is -2.27. The van der Waals surface area contributed by atoms with Crippen LogP contribution in [0.4, 0.5) is 4.39 Å². The number of hydrogen-bond acceptors (Lipinski definition) is 7. The Labute approximate surface area is 208 Å². The van der Waals surface area contributed by atoms with E-state index < -0.39 is 29.8 Å². The summed E-state index contributed by atoms with van der Waals surface area (Å²) in [5.41, 5.74) is 0.285. The molecular weight excluding hydrogens is 475 g/mol. The Morgan fingerprint density at radius 2 is 1.61 bits per heavy atom. The van der Waals surface area contributed by atoms with E-state index in [1.54, 1.807) is 13.8 Å². The first kappa shape index (κ1) is 29.1. The lowest BCUT2D eigenvalue weighted by Gasteiger charge is -2.34. The second kappa shape index (κ2) is 12.2. The van der Waals surface area contributed by atoms with Gasteiger partial charge in [-0.05, 0) is 46.6 Å². The van der Waals surface area contributed by atoms with E-state index in [1.807, 2.05) is 28.9 Å². The number of nitrogens with zero attached hydrogens (tertiary/aromatic N) is 3. The molecule has 2 heterocycles. The van der Waals surface area contributed by atoms with Crippen LogP contribution in [0, 0.1) is 0 Å². The molecule has 3 rings (SSSR count). The van der Waals surface area contributed by atoms with Gasteiger partial charge in [0.2, 0.25) is 0 Å². The maximum Gasteiger partial charge on any atom is 0.335 e. The fourth-order valence-corrected chi connectivity index (χ4v) is 3.94. The Morgan fingerprint density at radius 3 is 2.08 bits per heavy atom. The third-order valence-corrected chi connectivity index (χ3v) is 5.65. The molecule has 1 aliphatic rings. The van der Waals surface area contributed by atoms with E-state index in [1.165, 1.54) is 0 Å². The van der Waals surface area contributed by atoms with Crippen molar-refractivity contribution in [3.63, 3.8) is 0 Å². The lowest BCUT2D eigenvalue weighted by Crippen LogP contribution is -2.47. The van der Waals surface area contributed by atoms with Crippen molar-refractivity contribution < 1.29 is 39.2 Å². The van der Waals surface area contributed by atoms with E-state index in [9.17, 15) is 18.8 Å². The van der Waals surface area contributed by atoms with Crippen molar-refractivity contribution in [2.75, 3.05) is 19.6 Å². The van der Waals surface area contributed by atoms with Crippen LogP contribution in [0.5, 0.6) is 0 Å². The van der Waals surface area contributed by atoms with Crippen LogP contribution in [0.3, 0.4) is 0 Å². The van der Waals surface area contributed by atoms with Gasteiger partial charge in [-0.2, -0.15) is 5.10 Å². The van der Waals surface area contributed by atoms with Gasteiger partial charge in [0.1, 0.15) is 5.67 Å². The molecule has 1 aromatic heterocycles. The molecule has 11 nitrogen and oxygen atoms in total. The molecule has 0 saturated carbocycles. The lowest BCUT2D eigenvalue weighted by atomic mass is 10.0. The Bertz CT molecular complexity index is 1040. The first-order valence-electron chi connectivity index (χ1n) is 11.7. The predicted molar refractivity (Wildman–Crippen MR) is 130 cm³/mol. The highest BCUT2D eigenvalue weighted by Gasteiger charge is 2.29. The number of carboxylic acid groups (broad SMARTS) is 2. The number of fused-ring (bicyclic) bond motifs is 1. The van der Waals surface area contributed by atoms with Gasteiger partial charge < -0.3 is 30.6 Å². The average Bonchev–Trinajstić information content (AvgIpc) is 3.19. The van der Waals surface area contributed by atoms with Crippen molar-refractivity contribution in [1.82, 2.24) is 20.0 Å². The maximum atomic E-state index is 13.8. The Balaban J connectivity index is 0.000000388. The number of para-hydroxylation sites is 1. The predicted octanol–water partition coefficient (Wildman–Crippen LogP) is 1.44. The summed E-state index contributed by atoms with van der Waals surface area (Å²) in [7, 11) is 0. The highest BCUT2D eigenvalue weighted by Crippen LogP contribution is 2.22. The van der Waals surface area contributed by atoms with E-state index in [0.717, 1.165) is 36.8 Å². The Kier molecular flexibility index (Phi) is 9.91. The number of carbonyl (C=O) groups is 3. The van der Waals surface area contributed by atoms with Crippen LogP contribution in [-0.4, -0.2) is 96.5 Å². The van der Waals surface area contributed by atoms with Gasteiger partial charge in [0.15, 0.2) is 17.9 Å². The molecule has 2 unspecified atom stereocenters. The molecular formula is C24H35FN4O7. The summed E-state index contributed by atoms with van der Waals surface area (Å²) < 4.78 is 15.7. The first-order chi connectivity index (χ1) is 16.7. The van der Waals surface area contributed by atoms with Crippen molar-refractivity contribution in [2.24, 2.45) is 0 Å². The minimum absolute atomic E-state index is 0.115. The summed E-state index contributed by atoms with van der Waals surface area (Å²) in [5.74, 6) is -3.66. The van der Waals surface area contributed by atoms with Crippen LogP contribution in [0.1, 0.15) is 57.1 Å². The summed E-state index contributed by atoms with van der Waals surface area (Å²) in [6.45, 7) is 9.39. The van der Waals surface area contributed by atoms with Gasteiger partial charge >= 0.3 is 11.9 Å². The monoisotopic (exact) mass is 510 g/mol. The molecule has 1 saturated heterocycles. The molecule has 0 aliphatic carbocycles. The summed E-state index contributed by atoms with van der Waals surface area (Å²) in [6, 6.07) is 8.14. The van der Waals surface area contributed by atoms with Gasteiger partial charge in [0, 0.05) is 37.1 Å². The molecule has 12 heteroatoms. The molecule has 1 amide bonds. The molecule has 36 heavy (non-hydrogen) atoms. The van der Waals surface area contributed by atoms with Crippen molar-refractivity contribution in [2.45, 2.75) is 70.5 Å². The van der Waals surface area contributed by atoms with Crippen LogP contribution >= 0.6 is 0 Å². The van der Waals surface area contributed by atoms with Gasteiger partial charge in [-0.1, -0.05) is 18.2 Å². The molecule has 1 aliphatic heterocycles. The number of piperidine rings is 1. The second-order valence-electron chi connectivity index (χ2n) is 9.71. The third-order valence-electron chi connectivity index (χ3n) is 5.65. The van der Waals surface area contributed by atoms with Gasteiger partial charge in [-0.25, -0.2) is 14.0 Å². The maximum absolute atomic E-state index is 13.8. The number of nitrogens with one attached hydrogen (secondary N) is 1. The normalized spacial score (nSPS) is 16.8. The van der Waals surface area contributed by atoms with Crippen molar-refractivity contribution in [3.05, 3.63) is 30.0 Å². The van der Waals surface area contributed by atoms with Crippen molar-refractivity contribution >= 4 is 28.7 Å². The summed E-state index contributed by atoms with van der Waals surface area (Å²) in [4.78, 5) is 34.5. The largest absolute Gasteiger partial charge is 0.479 e. The van der Waals surface area contributed by atoms with Crippen LogP contribution in [0.25, 0.3) is 10.9 Å². The number of carbonyl (C=O) groups excluding carboxylic acids is 1. The van der Waals surface area contributed by atoms with Gasteiger partial charge in [0.25, 0.3) is 5.91 Å². The second-order valence-corrected chi connectivity index (χ2v) is 9.71. The SMILES string of the molecule is CC(C)n1nc(C(=O)NC2CCN(CC(C)(C)F)CC2)c2ccccc21.O=C(O)C(O)C(O)C(=O)O. The summed E-state index contributed by atoms with van der Waals surface area (Å²) in [5, 5.41) is 41.1. The van der Waals surface area contributed by atoms with Crippen LogP contribution < -0.4 is 5.32 Å². The van der Waals surface area contributed by atoms with Crippen molar-refractivity contribution in [3.8, 4) is 0 Å². The minimum Gasteiger partial charge on any atom is -0.479 e. The lowest BCUT2D eigenvalue weighted by molar-refractivity contribution is -0.165. The van der Waals surface area contributed by atoms with E-state index in [4.69, 9.17) is 20.4 Å². The topological polar surface area (TPSA) is 165 Å². The number of hydrogen-bond donors (Lipinski definition) is 5. The number of benzene rings is 1. The number of carboxylic acids is 2. The number of amides is 1. The fraction of sp³-hybridized carbons (Fsp3) is 0.583. The zero-order chi connectivity index (χ0) is 27.2. The standard InChI is InChI=1S/C20H29FN4O.C4H6O6/c1-14(2)25-17-8-6-5-7-16(17)18(23-25)19(26)22-15-9-11-24(12-10-15)13-20(3,4)21;5-1(3(7)8)2(6)4(9)10/h5-8,14-15H,9-13H2,1-4H3,(H,22,26);1-2,5-6H,(H,7,8)(H,9,10). The van der Waals surface area contributed by atoms with E-state index in [0.29, 0.717) is 12.2 Å². The highest BCUT2D eigenvalue weighted by atomic mass is 19.1. The third kappa shape index (κ3) is 7.97. The van der Waals surface area contributed by atoms with E-state index in [2.05, 4.69) is 29.2 Å². The number of aromatic nitrogens is 2. The molecule has 200 valence electrons. The molecule has 1 fully saturated rings. The Hall–Kier alpha value is -3.09. The van der Waals surface area contributed by atoms with Crippen LogP contribution in [0.15, 0.2) is 24.3 Å². The first-order valence-corrected chi connectivity index (χ1v) is 11.7. The molecule has 2 aromatic rings. The summed E-state index contributed by atoms with van der Waals surface area (Å²) in [6.07, 6.45) is -2.86. The van der Waals surface area contributed by atoms with E-state index in [-0.39, 0.29) is 18.0 Å².